The van der Waals surface area contributed by atoms with E-state index in [0.29, 0.717) is 32.0 Å². The second-order valence-electron chi connectivity index (χ2n) is 5.92. The van der Waals surface area contributed by atoms with E-state index in [0.717, 1.165) is 16.3 Å². The fourth-order valence-corrected chi connectivity index (χ4v) is 2.96. The van der Waals surface area contributed by atoms with Gasteiger partial charge in [0.1, 0.15) is 0 Å². The topological polar surface area (TPSA) is 47.6 Å². The van der Waals surface area contributed by atoms with Crippen molar-refractivity contribution in [1.29, 1.82) is 0 Å². The van der Waals surface area contributed by atoms with Gasteiger partial charge >= 0.3 is 0 Å². The monoisotopic (exact) mass is 372 g/mol. The molecule has 3 rings (SSSR count). The molecule has 0 N–H and O–H groups in total. The second-order valence-corrected chi connectivity index (χ2v) is 6.32. The van der Waals surface area contributed by atoms with Crippen LogP contribution < -0.4 is 0 Å². The number of furan rings is 1. The zero-order valence-corrected chi connectivity index (χ0v) is 15.4. The predicted molar refractivity (Wildman–Crippen MR) is 100 cm³/mol. The van der Waals surface area contributed by atoms with Gasteiger partial charge in [-0.25, -0.2) is 0 Å². The van der Waals surface area contributed by atoms with Crippen LogP contribution in [0.15, 0.2) is 65.4 Å². The first-order valence-electron chi connectivity index (χ1n) is 8.38. The van der Waals surface area contributed by atoms with Crippen molar-refractivity contribution in [1.82, 2.24) is 9.47 Å². The summed E-state index contributed by atoms with van der Waals surface area (Å²) >= 11 is 6.28. The average Bonchev–Trinajstić information content (AvgIpc) is 3.32. The zero-order chi connectivity index (χ0) is 18.4. The van der Waals surface area contributed by atoms with Crippen molar-refractivity contribution in [3.63, 3.8) is 0 Å². The molecule has 6 heteroatoms. The van der Waals surface area contributed by atoms with Crippen molar-refractivity contribution in [3.05, 3.63) is 83.0 Å². The lowest BCUT2D eigenvalue weighted by Crippen LogP contribution is -2.34. The predicted octanol–water partition coefficient (Wildman–Crippen LogP) is 4.07. The maximum atomic E-state index is 12.7. The second kappa shape index (κ2) is 8.74. The van der Waals surface area contributed by atoms with Gasteiger partial charge in [-0.2, -0.15) is 0 Å². The number of methoxy groups -OCH3 is 1. The van der Waals surface area contributed by atoms with Crippen molar-refractivity contribution in [2.24, 2.45) is 0 Å². The number of hydrogen-bond acceptors (Lipinski definition) is 3. The highest BCUT2D eigenvalue weighted by atomic mass is 35.5. The van der Waals surface area contributed by atoms with Gasteiger partial charge < -0.3 is 18.6 Å². The Kier molecular flexibility index (Phi) is 6.15. The van der Waals surface area contributed by atoms with Gasteiger partial charge in [-0.05, 0) is 35.9 Å². The van der Waals surface area contributed by atoms with Crippen molar-refractivity contribution in [3.8, 4) is 0 Å². The lowest BCUT2D eigenvalue weighted by Gasteiger charge is -2.22. The molecule has 26 heavy (non-hydrogen) atoms. The van der Waals surface area contributed by atoms with Gasteiger partial charge in [0.25, 0.3) is 5.91 Å². The maximum absolute atomic E-state index is 12.7. The minimum Gasteiger partial charge on any atom is -0.459 e. The molecule has 0 unspecified atom stereocenters. The smallest absolute Gasteiger partial charge is 0.289 e. The molecule has 136 valence electrons. The highest BCUT2D eigenvalue weighted by Crippen LogP contribution is 2.18. The van der Waals surface area contributed by atoms with Crippen molar-refractivity contribution < 1.29 is 13.9 Å². The Bertz CT molecular complexity index is 842. The van der Waals surface area contributed by atoms with E-state index in [1.807, 2.05) is 42.6 Å². The zero-order valence-electron chi connectivity index (χ0n) is 14.6. The van der Waals surface area contributed by atoms with E-state index in [1.165, 1.54) is 6.26 Å². The number of hydrogen-bond donors (Lipinski definition) is 0. The van der Waals surface area contributed by atoms with Crippen LogP contribution in [0.25, 0.3) is 0 Å². The molecule has 0 saturated heterocycles. The lowest BCUT2D eigenvalue weighted by molar-refractivity contribution is 0.0645. The van der Waals surface area contributed by atoms with Crippen LogP contribution in [0.1, 0.15) is 21.8 Å². The number of amides is 1. The molecule has 0 spiro atoms. The number of rotatable bonds is 8. The molecule has 0 aliphatic rings. The number of nitrogens with zero attached hydrogens (tertiary/aromatic N) is 2. The standard InChI is InChI=1S/C20H21ClN2O3/c1-25-13-11-23(20(24)19-9-5-12-26-19)15-17-7-4-10-22(17)14-16-6-2-3-8-18(16)21/h2-10,12H,11,13-15H2,1H3. The first kappa shape index (κ1) is 18.3. The Morgan fingerprint density at radius 2 is 2.04 bits per heavy atom. The summed E-state index contributed by atoms with van der Waals surface area (Å²) in [4.78, 5) is 14.4. The molecule has 2 heterocycles. The molecule has 0 fully saturated rings. The summed E-state index contributed by atoms with van der Waals surface area (Å²) in [5.41, 5.74) is 2.05. The van der Waals surface area contributed by atoms with Crippen LogP contribution >= 0.6 is 11.6 Å². The Labute approximate surface area is 157 Å². The van der Waals surface area contributed by atoms with Gasteiger partial charge in [-0.1, -0.05) is 29.8 Å². The highest BCUT2D eigenvalue weighted by Gasteiger charge is 2.19. The van der Waals surface area contributed by atoms with Crippen LogP contribution in [0.3, 0.4) is 0 Å². The van der Waals surface area contributed by atoms with E-state index in [9.17, 15) is 4.79 Å². The molecule has 0 radical (unpaired) electrons. The highest BCUT2D eigenvalue weighted by molar-refractivity contribution is 6.31. The Balaban J connectivity index is 1.78. The summed E-state index contributed by atoms with van der Waals surface area (Å²) in [7, 11) is 1.62. The summed E-state index contributed by atoms with van der Waals surface area (Å²) in [6.45, 7) is 2.04. The van der Waals surface area contributed by atoms with Gasteiger partial charge in [0.2, 0.25) is 0 Å². The van der Waals surface area contributed by atoms with Crippen LogP contribution in [0.4, 0.5) is 0 Å². The molecule has 0 saturated carbocycles. The SMILES string of the molecule is COCCN(Cc1cccn1Cc1ccccc1Cl)C(=O)c1ccco1. The minimum absolute atomic E-state index is 0.155. The number of carbonyl (C=O) groups is 1. The van der Waals surface area contributed by atoms with Crippen LogP contribution in [0.2, 0.25) is 5.02 Å². The molecule has 2 aromatic heterocycles. The number of benzene rings is 1. The third kappa shape index (κ3) is 4.36. The molecule has 0 atom stereocenters. The van der Waals surface area contributed by atoms with E-state index in [2.05, 4.69) is 4.57 Å². The van der Waals surface area contributed by atoms with Gasteiger partial charge in [0, 0.05) is 37.1 Å². The largest absolute Gasteiger partial charge is 0.459 e. The van der Waals surface area contributed by atoms with Crippen molar-refractivity contribution in [2.45, 2.75) is 13.1 Å². The molecule has 0 aliphatic carbocycles. The average molecular weight is 373 g/mol. The van der Waals surface area contributed by atoms with Crippen molar-refractivity contribution >= 4 is 17.5 Å². The summed E-state index contributed by atoms with van der Waals surface area (Å²) in [5.74, 6) is 0.169. The quantitative estimate of drug-likeness (QED) is 0.598. The van der Waals surface area contributed by atoms with E-state index >= 15 is 0 Å². The van der Waals surface area contributed by atoms with Crippen LogP contribution in [-0.2, 0) is 17.8 Å². The van der Waals surface area contributed by atoms with Gasteiger partial charge in [0.05, 0.1) is 19.4 Å². The normalized spacial score (nSPS) is 10.8. The Morgan fingerprint density at radius 1 is 1.19 bits per heavy atom. The molecule has 5 nitrogen and oxygen atoms in total. The number of carbonyl (C=O) groups excluding carboxylic acids is 1. The number of ether oxygens (including phenoxy) is 1. The van der Waals surface area contributed by atoms with Gasteiger partial charge in [0.15, 0.2) is 5.76 Å². The third-order valence-electron chi connectivity index (χ3n) is 4.16. The Morgan fingerprint density at radius 3 is 2.77 bits per heavy atom. The molecule has 1 aromatic carbocycles. The minimum atomic E-state index is -0.155. The molecular formula is C20H21ClN2O3. The first-order valence-corrected chi connectivity index (χ1v) is 8.76. The van der Waals surface area contributed by atoms with E-state index < -0.39 is 0 Å². The number of halogens is 1. The van der Waals surface area contributed by atoms with Crippen LogP contribution in [-0.4, -0.2) is 35.6 Å². The third-order valence-corrected chi connectivity index (χ3v) is 4.53. The van der Waals surface area contributed by atoms with E-state index in [1.54, 1.807) is 24.1 Å². The fourth-order valence-electron chi connectivity index (χ4n) is 2.76. The molecular weight excluding hydrogens is 352 g/mol. The molecule has 1 amide bonds. The number of aromatic nitrogens is 1. The van der Waals surface area contributed by atoms with E-state index in [4.69, 9.17) is 20.8 Å². The molecule has 0 bridgehead atoms. The molecule has 0 aliphatic heterocycles. The maximum Gasteiger partial charge on any atom is 0.289 e. The van der Waals surface area contributed by atoms with E-state index in [-0.39, 0.29) is 5.91 Å². The van der Waals surface area contributed by atoms with Crippen LogP contribution in [0, 0.1) is 0 Å². The van der Waals surface area contributed by atoms with Crippen molar-refractivity contribution in [2.75, 3.05) is 20.3 Å². The summed E-state index contributed by atoms with van der Waals surface area (Å²) in [5, 5.41) is 0.732. The van der Waals surface area contributed by atoms with Gasteiger partial charge in [-0.3, -0.25) is 4.79 Å². The fraction of sp³-hybridized carbons (Fsp3) is 0.250. The molecule has 3 aromatic rings. The van der Waals surface area contributed by atoms with Gasteiger partial charge in [-0.15, -0.1) is 0 Å². The summed E-state index contributed by atoms with van der Waals surface area (Å²) in [6, 6.07) is 15.1. The lowest BCUT2D eigenvalue weighted by atomic mass is 10.2. The summed E-state index contributed by atoms with van der Waals surface area (Å²) < 4.78 is 12.5. The summed E-state index contributed by atoms with van der Waals surface area (Å²) in [6.07, 6.45) is 3.49. The Hall–Kier alpha value is -2.50. The first-order chi connectivity index (χ1) is 12.7. The van der Waals surface area contributed by atoms with Crippen LogP contribution in [0.5, 0.6) is 0 Å².